The van der Waals surface area contributed by atoms with E-state index in [0.29, 0.717) is 17.4 Å². The van der Waals surface area contributed by atoms with Crippen LogP contribution in [0.1, 0.15) is 31.0 Å². The van der Waals surface area contributed by atoms with Crippen molar-refractivity contribution in [3.05, 3.63) is 40.5 Å². The van der Waals surface area contributed by atoms with Gasteiger partial charge in [-0.25, -0.2) is 0 Å². The summed E-state index contributed by atoms with van der Waals surface area (Å²) in [6.45, 7) is 4.19. The van der Waals surface area contributed by atoms with E-state index in [-0.39, 0.29) is 0 Å². The fourth-order valence-electron chi connectivity index (χ4n) is 1.82. The lowest BCUT2D eigenvalue weighted by molar-refractivity contribution is 0.827. The molecule has 17 heavy (non-hydrogen) atoms. The van der Waals surface area contributed by atoms with E-state index >= 15 is 0 Å². The molecule has 0 spiro atoms. The van der Waals surface area contributed by atoms with Gasteiger partial charge in [-0.2, -0.15) is 5.26 Å². The van der Waals surface area contributed by atoms with Crippen molar-refractivity contribution in [2.75, 3.05) is 0 Å². The Balaban J connectivity index is 2.72. The minimum absolute atomic E-state index is 0.354. The van der Waals surface area contributed by atoms with Gasteiger partial charge in [0.2, 0.25) is 0 Å². The first-order chi connectivity index (χ1) is 8.11. The van der Waals surface area contributed by atoms with Crippen LogP contribution in [0.4, 0.5) is 0 Å². The van der Waals surface area contributed by atoms with E-state index in [1.807, 2.05) is 24.3 Å². The lowest BCUT2D eigenvalue weighted by atomic mass is 10.0. The molecule has 2 rings (SSSR count). The van der Waals surface area contributed by atoms with Crippen molar-refractivity contribution >= 4 is 22.5 Å². The van der Waals surface area contributed by atoms with E-state index in [4.69, 9.17) is 16.9 Å². The van der Waals surface area contributed by atoms with E-state index < -0.39 is 0 Å². The van der Waals surface area contributed by atoms with Gasteiger partial charge in [-0.3, -0.25) is 4.98 Å². The summed E-state index contributed by atoms with van der Waals surface area (Å²) in [5.41, 5.74) is 2.93. The minimum atomic E-state index is 0.354. The molecule has 0 N–H and O–H groups in total. The quantitative estimate of drug-likeness (QED) is 0.798. The number of halogens is 1. The van der Waals surface area contributed by atoms with Crippen molar-refractivity contribution in [2.45, 2.75) is 26.2 Å². The van der Waals surface area contributed by atoms with Crippen LogP contribution in [0.25, 0.3) is 10.9 Å². The number of aromatic nitrogens is 1. The molecule has 0 unspecified atom stereocenters. The fraction of sp³-hybridized carbons (Fsp3) is 0.286. The second-order valence-electron chi connectivity index (χ2n) is 4.36. The van der Waals surface area contributed by atoms with E-state index in [9.17, 15) is 0 Å². The summed E-state index contributed by atoms with van der Waals surface area (Å²) in [5, 5.41) is 10.5. The van der Waals surface area contributed by atoms with E-state index in [0.717, 1.165) is 22.2 Å². The number of rotatable bonds is 2. The monoisotopic (exact) mass is 244 g/mol. The van der Waals surface area contributed by atoms with Crippen molar-refractivity contribution in [3.63, 3.8) is 0 Å². The van der Waals surface area contributed by atoms with E-state index in [2.05, 4.69) is 24.9 Å². The molecule has 1 aromatic carbocycles. The number of nitriles is 1. The highest BCUT2D eigenvalue weighted by Gasteiger charge is 2.08. The summed E-state index contributed by atoms with van der Waals surface area (Å²) in [5.74, 6) is 0.354. The molecule has 86 valence electrons. The molecular formula is C14H13ClN2. The standard InChI is InChI=1S/C14H13ClN2/c1-9(2)14-7-10(5-6-16)12-8-11(15)3-4-13(12)17-14/h3-4,7-9H,5H2,1-2H3. The Labute approximate surface area is 106 Å². The SMILES string of the molecule is CC(C)c1cc(CC#N)c2cc(Cl)ccc2n1. The van der Waals surface area contributed by atoms with Crippen molar-refractivity contribution < 1.29 is 0 Å². The molecule has 0 atom stereocenters. The van der Waals surface area contributed by atoms with E-state index in [1.54, 1.807) is 0 Å². The molecule has 1 aromatic heterocycles. The third-order valence-corrected chi connectivity index (χ3v) is 2.97. The molecule has 3 heteroatoms. The van der Waals surface area contributed by atoms with Crippen LogP contribution in [-0.4, -0.2) is 4.98 Å². The first-order valence-electron chi connectivity index (χ1n) is 5.58. The van der Waals surface area contributed by atoms with Crippen molar-refractivity contribution in [3.8, 4) is 6.07 Å². The molecule has 0 saturated carbocycles. The van der Waals surface area contributed by atoms with Crippen LogP contribution in [0, 0.1) is 11.3 Å². The molecular weight excluding hydrogens is 232 g/mol. The summed E-state index contributed by atoms with van der Waals surface area (Å²) in [4.78, 5) is 4.59. The molecule has 0 aliphatic carbocycles. The van der Waals surface area contributed by atoms with Crippen molar-refractivity contribution in [2.24, 2.45) is 0 Å². The molecule has 0 amide bonds. The molecule has 0 aliphatic rings. The molecule has 0 bridgehead atoms. The van der Waals surface area contributed by atoms with Gasteiger partial charge in [0.15, 0.2) is 0 Å². The highest BCUT2D eigenvalue weighted by Crippen LogP contribution is 2.25. The van der Waals surface area contributed by atoms with Gasteiger partial charge in [-0.15, -0.1) is 0 Å². The van der Waals surface area contributed by atoms with Gasteiger partial charge < -0.3 is 0 Å². The Morgan fingerprint density at radius 1 is 1.35 bits per heavy atom. The second-order valence-corrected chi connectivity index (χ2v) is 4.79. The Kier molecular flexibility index (Phi) is 3.31. The Bertz CT molecular complexity index is 597. The number of hydrogen-bond acceptors (Lipinski definition) is 2. The zero-order valence-corrected chi connectivity index (χ0v) is 10.6. The van der Waals surface area contributed by atoms with Gasteiger partial charge in [-0.05, 0) is 35.7 Å². The maximum Gasteiger partial charge on any atom is 0.0709 e. The Morgan fingerprint density at radius 2 is 2.12 bits per heavy atom. The molecule has 1 heterocycles. The molecule has 0 aliphatic heterocycles. The first-order valence-corrected chi connectivity index (χ1v) is 5.95. The van der Waals surface area contributed by atoms with Crippen molar-refractivity contribution in [1.29, 1.82) is 5.26 Å². The normalized spacial score (nSPS) is 10.8. The highest BCUT2D eigenvalue weighted by molar-refractivity contribution is 6.31. The van der Waals surface area contributed by atoms with Crippen molar-refractivity contribution in [1.82, 2.24) is 4.98 Å². The molecule has 0 fully saturated rings. The number of benzene rings is 1. The summed E-state index contributed by atoms with van der Waals surface area (Å²) < 4.78 is 0. The van der Waals surface area contributed by atoms with Crippen LogP contribution >= 0.6 is 11.6 Å². The predicted molar refractivity (Wildman–Crippen MR) is 70.2 cm³/mol. The number of nitrogens with zero attached hydrogens (tertiary/aromatic N) is 2. The van der Waals surface area contributed by atoms with Crippen LogP contribution in [0.15, 0.2) is 24.3 Å². The van der Waals surface area contributed by atoms with Gasteiger partial charge in [0.05, 0.1) is 18.0 Å². The van der Waals surface area contributed by atoms with Gasteiger partial charge in [0.1, 0.15) is 0 Å². The van der Waals surface area contributed by atoms with Crippen LogP contribution in [0.5, 0.6) is 0 Å². The maximum atomic E-state index is 8.87. The average molecular weight is 245 g/mol. The minimum Gasteiger partial charge on any atom is -0.253 e. The van der Waals surface area contributed by atoms with Gasteiger partial charge >= 0.3 is 0 Å². The fourth-order valence-corrected chi connectivity index (χ4v) is 1.99. The topological polar surface area (TPSA) is 36.7 Å². The number of fused-ring (bicyclic) bond motifs is 1. The smallest absolute Gasteiger partial charge is 0.0709 e. The number of hydrogen-bond donors (Lipinski definition) is 0. The summed E-state index contributed by atoms with van der Waals surface area (Å²) in [6.07, 6.45) is 0.388. The van der Waals surface area contributed by atoms with Crippen LogP contribution in [0.3, 0.4) is 0 Å². The first kappa shape index (κ1) is 11.9. The number of pyridine rings is 1. The summed E-state index contributed by atoms with van der Waals surface area (Å²) >= 11 is 5.98. The predicted octanol–water partition coefficient (Wildman–Crippen LogP) is 4.08. The maximum absolute atomic E-state index is 8.87. The Morgan fingerprint density at radius 3 is 2.76 bits per heavy atom. The third-order valence-electron chi connectivity index (χ3n) is 2.74. The third kappa shape index (κ3) is 2.40. The van der Waals surface area contributed by atoms with Gasteiger partial charge in [0, 0.05) is 16.1 Å². The largest absolute Gasteiger partial charge is 0.253 e. The average Bonchev–Trinajstić information content (AvgIpc) is 2.29. The Hall–Kier alpha value is -1.59. The lowest BCUT2D eigenvalue weighted by Gasteiger charge is -2.10. The summed E-state index contributed by atoms with van der Waals surface area (Å²) in [6, 6.07) is 9.81. The molecule has 0 radical (unpaired) electrons. The second kappa shape index (κ2) is 4.73. The van der Waals surface area contributed by atoms with E-state index in [1.165, 1.54) is 0 Å². The van der Waals surface area contributed by atoms with Gasteiger partial charge in [0.25, 0.3) is 0 Å². The zero-order valence-electron chi connectivity index (χ0n) is 9.87. The van der Waals surface area contributed by atoms with Gasteiger partial charge in [-0.1, -0.05) is 25.4 Å². The highest BCUT2D eigenvalue weighted by atomic mass is 35.5. The molecule has 0 saturated heterocycles. The summed E-state index contributed by atoms with van der Waals surface area (Å²) in [7, 11) is 0. The molecule has 2 nitrogen and oxygen atoms in total. The van der Waals surface area contributed by atoms with Crippen LogP contribution in [0.2, 0.25) is 5.02 Å². The van der Waals surface area contributed by atoms with Crippen LogP contribution in [-0.2, 0) is 6.42 Å². The molecule has 2 aromatic rings. The zero-order chi connectivity index (χ0) is 12.4. The van der Waals surface area contributed by atoms with Crippen LogP contribution < -0.4 is 0 Å². The lowest BCUT2D eigenvalue weighted by Crippen LogP contribution is -1.97.